The molecule has 1 unspecified atom stereocenters. The number of hydrogen-bond acceptors (Lipinski definition) is 5. The second kappa shape index (κ2) is 10.4. The number of thiophene rings is 1. The fourth-order valence-corrected chi connectivity index (χ4v) is 4.47. The predicted molar refractivity (Wildman–Crippen MR) is 119 cm³/mol. The first kappa shape index (κ1) is 24.0. The first-order valence-electron chi connectivity index (χ1n) is 10.7. The van der Waals surface area contributed by atoms with Gasteiger partial charge in [-0.05, 0) is 47.8 Å². The van der Waals surface area contributed by atoms with Gasteiger partial charge < -0.3 is 19.0 Å². The number of alkyl halides is 3. The minimum absolute atomic E-state index is 0.0117. The predicted octanol–water partition coefficient (Wildman–Crippen LogP) is 4.47. The molecule has 0 spiro atoms. The first-order chi connectivity index (χ1) is 16.3. The molecule has 0 bridgehead atoms. The van der Waals surface area contributed by atoms with Crippen LogP contribution in [0.1, 0.15) is 26.6 Å². The molecule has 180 valence electrons. The van der Waals surface area contributed by atoms with Crippen molar-refractivity contribution in [2.75, 3.05) is 26.2 Å². The second-order valence-corrected chi connectivity index (χ2v) is 8.96. The van der Waals surface area contributed by atoms with Crippen LogP contribution in [0.25, 0.3) is 0 Å². The van der Waals surface area contributed by atoms with Gasteiger partial charge in [0.2, 0.25) is 5.91 Å². The van der Waals surface area contributed by atoms with E-state index in [-0.39, 0.29) is 24.6 Å². The molecule has 1 fully saturated rings. The summed E-state index contributed by atoms with van der Waals surface area (Å²) in [4.78, 5) is 30.1. The monoisotopic (exact) mass is 492 g/mol. The zero-order valence-corrected chi connectivity index (χ0v) is 19.0. The van der Waals surface area contributed by atoms with E-state index >= 15 is 0 Å². The highest BCUT2D eigenvalue weighted by Gasteiger charge is 2.31. The summed E-state index contributed by atoms with van der Waals surface area (Å²) in [6, 6.07) is 11.3. The van der Waals surface area contributed by atoms with Gasteiger partial charge in [0.05, 0.1) is 37.5 Å². The Hall–Kier alpha value is -3.11. The van der Waals surface area contributed by atoms with Gasteiger partial charge in [-0.25, -0.2) is 0 Å². The highest BCUT2D eigenvalue weighted by molar-refractivity contribution is 7.10. The maximum absolute atomic E-state index is 13.2. The summed E-state index contributed by atoms with van der Waals surface area (Å²) in [6.07, 6.45) is -3.12. The van der Waals surface area contributed by atoms with E-state index in [4.69, 9.17) is 9.15 Å². The molecule has 0 N–H and O–H groups in total. The first-order valence-corrected chi connectivity index (χ1v) is 11.6. The van der Waals surface area contributed by atoms with Crippen LogP contribution in [0.5, 0.6) is 0 Å². The Kier molecular flexibility index (Phi) is 7.38. The van der Waals surface area contributed by atoms with Crippen molar-refractivity contribution in [3.63, 3.8) is 0 Å². The van der Waals surface area contributed by atoms with Crippen molar-refractivity contribution in [2.24, 2.45) is 0 Å². The smallest absolute Gasteiger partial charge is 0.416 e. The topological polar surface area (TPSA) is 63.0 Å². The van der Waals surface area contributed by atoms with E-state index < -0.39 is 23.8 Å². The standard InChI is InChI=1S/C24H23F3N2O4S/c25-24(26,27)18-7-5-17(6-8-18)23(31)29(14-19-3-1-10-32-19)16-20-15-28(9-11-33-20)22(30)13-21-4-2-12-34-21/h1-8,10,12,20H,9,11,13-16H2. The van der Waals surface area contributed by atoms with E-state index in [9.17, 15) is 22.8 Å². The molecule has 1 aliphatic rings. The highest BCUT2D eigenvalue weighted by atomic mass is 32.1. The average Bonchev–Trinajstić information content (AvgIpc) is 3.52. The Bertz CT molecular complexity index is 1080. The van der Waals surface area contributed by atoms with Gasteiger partial charge in [0, 0.05) is 30.1 Å². The third kappa shape index (κ3) is 6.06. The third-order valence-corrected chi connectivity index (χ3v) is 6.37. The van der Waals surface area contributed by atoms with Gasteiger partial charge in [0.25, 0.3) is 5.91 Å². The number of morpholine rings is 1. The van der Waals surface area contributed by atoms with Crippen molar-refractivity contribution >= 4 is 23.2 Å². The Morgan fingerprint density at radius 3 is 2.56 bits per heavy atom. The van der Waals surface area contributed by atoms with Crippen molar-refractivity contribution in [3.8, 4) is 0 Å². The van der Waals surface area contributed by atoms with Gasteiger partial charge in [0.1, 0.15) is 5.76 Å². The number of nitrogens with zero attached hydrogens (tertiary/aromatic N) is 2. The molecule has 0 aliphatic carbocycles. The van der Waals surface area contributed by atoms with Crippen molar-refractivity contribution in [3.05, 3.63) is 81.9 Å². The van der Waals surface area contributed by atoms with Crippen LogP contribution in [0.2, 0.25) is 0 Å². The number of carbonyl (C=O) groups excluding carboxylic acids is 2. The van der Waals surface area contributed by atoms with Gasteiger partial charge in [-0.2, -0.15) is 13.2 Å². The third-order valence-electron chi connectivity index (χ3n) is 5.49. The van der Waals surface area contributed by atoms with Crippen LogP contribution in [0.3, 0.4) is 0 Å². The minimum atomic E-state index is -4.48. The number of furan rings is 1. The van der Waals surface area contributed by atoms with Gasteiger partial charge in [-0.15, -0.1) is 11.3 Å². The molecule has 2 amide bonds. The van der Waals surface area contributed by atoms with Crippen LogP contribution in [0.15, 0.2) is 64.6 Å². The number of benzene rings is 1. The van der Waals surface area contributed by atoms with Crippen LogP contribution in [-0.4, -0.2) is 54.0 Å². The van der Waals surface area contributed by atoms with E-state index in [2.05, 4.69) is 0 Å². The van der Waals surface area contributed by atoms with Gasteiger partial charge in [0.15, 0.2) is 0 Å². The molecule has 0 radical (unpaired) electrons. The minimum Gasteiger partial charge on any atom is -0.467 e. The number of ether oxygens (including phenoxy) is 1. The normalized spacial score (nSPS) is 16.4. The molecule has 3 aromatic rings. The lowest BCUT2D eigenvalue weighted by molar-refractivity contribution is -0.139. The van der Waals surface area contributed by atoms with Crippen molar-refractivity contribution < 1.29 is 31.9 Å². The lowest BCUT2D eigenvalue weighted by Gasteiger charge is -2.35. The molecule has 1 atom stereocenters. The summed E-state index contributed by atoms with van der Waals surface area (Å²) in [5.74, 6) is 0.0693. The van der Waals surface area contributed by atoms with E-state index in [0.29, 0.717) is 31.9 Å². The van der Waals surface area contributed by atoms with Crippen LogP contribution in [0.4, 0.5) is 13.2 Å². The summed E-state index contributed by atoms with van der Waals surface area (Å²) >= 11 is 1.52. The van der Waals surface area contributed by atoms with Crippen LogP contribution in [0, 0.1) is 0 Å². The van der Waals surface area contributed by atoms with Crippen molar-refractivity contribution in [1.29, 1.82) is 0 Å². The molecule has 4 rings (SSSR count). The van der Waals surface area contributed by atoms with E-state index in [1.807, 2.05) is 17.5 Å². The molecule has 1 aromatic carbocycles. The SMILES string of the molecule is O=C(Cc1cccs1)N1CCOC(CN(Cc2ccco2)C(=O)c2ccc(C(F)(F)F)cc2)C1. The van der Waals surface area contributed by atoms with E-state index in [1.54, 1.807) is 17.0 Å². The molecule has 3 heterocycles. The summed E-state index contributed by atoms with van der Waals surface area (Å²) < 4.78 is 49.9. The maximum atomic E-state index is 13.2. The summed E-state index contributed by atoms with van der Waals surface area (Å²) in [6.45, 7) is 1.40. The van der Waals surface area contributed by atoms with Crippen LogP contribution >= 0.6 is 11.3 Å². The highest BCUT2D eigenvalue weighted by Crippen LogP contribution is 2.29. The molecular formula is C24H23F3N2O4S. The lowest BCUT2D eigenvalue weighted by Crippen LogP contribution is -2.50. The zero-order valence-electron chi connectivity index (χ0n) is 18.2. The molecule has 10 heteroatoms. The van der Waals surface area contributed by atoms with Crippen LogP contribution < -0.4 is 0 Å². The van der Waals surface area contributed by atoms with Gasteiger partial charge >= 0.3 is 6.18 Å². The number of rotatable bonds is 7. The fraction of sp³-hybridized carbons (Fsp3) is 0.333. The van der Waals surface area contributed by atoms with Gasteiger partial charge in [-0.3, -0.25) is 9.59 Å². The Labute approximate surface area is 198 Å². The Morgan fingerprint density at radius 1 is 1.12 bits per heavy atom. The second-order valence-electron chi connectivity index (χ2n) is 7.93. The van der Waals surface area contributed by atoms with Crippen LogP contribution in [-0.2, 0) is 28.7 Å². The fourth-order valence-electron chi connectivity index (χ4n) is 3.77. The average molecular weight is 493 g/mol. The summed E-state index contributed by atoms with van der Waals surface area (Å²) in [5.41, 5.74) is -0.696. The molecular weight excluding hydrogens is 469 g/mol. The quantitative estimate of drug-likeness (QED) is 0.488. The molecule has 2 aromatic heterocycles. The molecule has 6 nitrogen and oxygen atoms in total. The Morgan fingerprint density at radius 2 is 1.91 bits per heavy atom. The number of halogens is 3. The zero-order chi connectivity index (χ0) is 24.1. The molecule has 1 aliphatic heterocycles. The van der Waals surface area contributed by atoms with Crippen molar-refractivity contribution in [1.82, 2.24) is 9.80 Å². The van der Waals surface area contributed by atoms with Crippen molar-refractivity contribution in [2.45, 2.75) is 25.2 Å². The molecule has 34 heavy (non-hydrogen) atoms. The summed E-state index contributed by atoms with van der Waals surface area (Å²) in [5, 5.41) is 1.92. The largest absolute Gasteiger partial charge is 0.467 e. The Balaban J connectivity index is 1.46. The summed E-state index contributed by atoms with van der Waals surface area (Å²) in [7, 11) is 0. The number of carbonyl (C=O) groups is 2. The van der Waals surface area contributed by atoms with E-state index in [0.717, 1.165) is 17.0 Å². The maximum Gasteiger partial charge on any atom is 0.416 e. The molecule has 0 saturated carbocycles. The lowest BCUT2D eigenvalue weighted by atomic mass is 10.1. The van der Waals surface area contributed by atoms with E-state index in [1.165, 1.54) is 34.6 Å². The number of amides is 2. The van der Waals surface area contributed by atoms with Gasteiger partial charge in [-0.1, -0.05) is 6.07 Å². The molecule has 1 saturated heterocycles. The number of hydrogen-bond donors (Lipinski definition) is 0.